The van der Waals surface area contributed by atoms with Gasteiger partial charge in [0.2, 0.25) is 0 Å². The first kappa shape index (κ1) is 25.6. The zero-order valence-corrected chi connectivity index (χ0v) is 24.7. The number of hydrogen-bond acceptors (Lipinski definition) is 3. The van der Waals surface area contributed by atoms with Crippen LogP contribution in [0.5, 0.6) is 0 Å². The molecule has 41 heavy (non-hydrogen) atoms. The summed E-state index contributed by atoms with van der Waals surface area (Å²) in [6, 6.07) is 18.2. The van der Waals surface area contributed by atoms with Crippen LogP contribution in [0.2, 0.25) is 0 Å². The average Bonchev–Trinajstić information content (AvgIpc) is 3.40. The van der Waals surface area contributed by atoms with Gasteiger partial charge in [-0.2, -0.15) is 0 Å². The lowest BCUT2D eigenvalue weighted by atomic mass is 9.59. The fourth-order valence-corrected chi connectivity index (χ4v) is 8.19. The third-order valence-corrected chi connectivity index (χ3v) is 10.8. The second-order valence-corrected chi connectivity index (χ2v) is 13.5. The quantitative estimate of drug-likeness (QED) is 0.281. The van der Waals surface area contributed by atoms with Crippen LogP contribution < -0.4 is 0 Å². The largest absolute Gasteiger partial charge is 0.494 e. The molecule has 2 atom stereocenters. The van der Waals surface area contributed by atoms with Crippen molar-refractivity contribution >= 4 is 7.12 Å². The van der Waals surface area contributed by atoms with Crippen molar-refractivity contribution in [2.75, 3.05) is 0 Å². The highest BCUT2D eigenvalue weighted by Crippen LogP contribution is 2.63. The van der Waals surface area contributed by atoms with E-state index in [1.165, 1.54) is 50.9 Å². The minimum absolute atomic E-state index is 0.0872. The molecule has 4 heteroatoms. The number of allylic oxidation sites excluding steroid dienone is 8. The first-order chi connectivity index (χ1) is 19.8. The normalized spacial score (nSPS) is 28.2. The highest BCUT2D eigenvalue weighted by Gasteiger charge is 2.57. The Morgan fingerprint density at radius 2 is 1.44 bits per heavy atom. The van der Waals surface area contributed by atoms with Crippen LogP contribution in [-0.4, -0.2) is 24.4 Å². The Morgan fingerprint density at radius 3 is 2.15 bits per heavy atom. The summed E-state index contributed by atoms with van der Waals surface area (Å²) in [5, 5.41) is 0. The zero-order valence-electron chi connectivity index (χ0n) is 24.7. The van der Waals surface area contributed by atoms with Gasteiger partial charge in [0, 0.05) is 11.5 Å². The van der Waals surface area contributed by atoms with E-state index < -0.39 is 0 Å². The van der Waals surface area contributed by atoms with Crippen LogP contribution in [0.1, 0.15) is 77.3 Å². The Balaban J connectivity index is 1.32. The van der Waals surface area contributed by atoms with Gasteiger partial charge in [0.25, 0.3) is 0 Å². The van der Waals surface area contributed by atoms with Crippen molar-refractivity contribution in [3.63, 3.8) is 0 Å². The maximum Gasteiger partial charge on any atom is 0.494 e. The fraction of sp³-hybridized carbons (Fsp3) is 0.405. The van der Waals surface area contributed by atoms with Crippen molar-refractivity contribution < 1.29 is 14.0 Å². The molecular formula is C37H39BO3. The van der Waals surface area contributed by atoms with E-state index in [4.69, 9.17) is 14.0 Å². The molecule has 0 radical (unpaired) electrons. The SMILES string of the molecule is CC1(C)OB(C2=CCCC=C2C2CC=CC3=C2OC2CCCC=C2C32c3ccccc3-c3ccccc32)OC1(C)C. The Labute approximate surface area is 244 Å². The molecule has 2 unspecified atom stereocenters. The van der Waals surface area contributed by atoms with Gasteiger partial charge in [0.05, 0.1) is 16.6 Å². The van der Waals surface area contributed by atoms with Crippen molar-refractivity contribution in [3.05, 3.63) is 118 Å². The number of hydrogen-bond donors (Lipinski definition) is 0. The van der Waals surface area contributed by atoms with Crippen molar-refractivity contribution in [1.29, 1.82) is 0 Å². The van der Waals surface area contributed by atoms with Crippen LogP contribution in [0.4, 0.5) is 0 Å². The number of rotatable bonds is 2. The van der Waals surface area contributed by atoms with E-state index in [1.54, 1.807) is 0 Å². The maximum absolute atomic E-state index is 7.18. The summed E-state index contributed by atoms with van der Waals surface area (Å²) in [6.07, 6.45) is 18.5. The van der Waals surface area contributed by atoms with Gasteiger partial charge >= 0.3 is 7.12 Å². The monoisotopic (exact) mass is 542 g/mol. The fourth-order valence-electron chi connectivity index (χ4n) is 8.19. The predicted octanol–water partition coefficient (Wildman–Crippen LogP) is 8.57. The van der Waals surface area contributed by atoms with Gasteiger partial charge in [-0.05, 0) is 105 Å². The first-order valence-corrected chi connectivity index (χ1v) is 15.6. The van der Waals surface area contributed by atoms with Gasteiger partial charge in [0.15, 0.2) is 0 Å². The second-order valence-electron chi connectivity index (χ2n) is 13.5. The highest BCUT2D eigenvalue weighted by molar-refractivity contribution is 6.56. The van der Waals surface area contributed by atoms with Crippen LogP contribution in [-0.2, 0) is 19.5 Å². The minimum Gasteiger partial charge on any atom is -0.489 e. The van der Waals surface area contributed by atoms with Gasteiger partial charge in [-0.15, -0.1) is 0 Å². The summed E-state index contributed by atoms with van der Waals surface area (Å²) in [4.78, 5) is 0. The Morgan fingerprint density at radius 1 is 0.780 bits per heavy atom. The molecule has 1 saturated heterocycles. The molecule has 8 rings (SSSR count). The van der Waals surface area contributed by atoms with E-state index in [9.17, 15) is 0 Å². The predicted molar refractivity (Wildman–Crippen MR) is 165 cm³/mol. The summed E-state index contributed by atoms with van der Waals surface area (Å²) in [5.41, 5.74) is 9.72. The molecule has 1 spiro atoms. The molecule has 0 aromatic heterocycles. The van der Waals surface area contributed by atoms with E-state index in [0.29, 0.717) is 0 Å². The molecule has 208 valence electrons. The number of fused-ring (bicyclic) bond motifs is 8. The van der Waals surface area contributed by atoms with Gasteiger partial charge in [-0.25, -0.2) is 0 Å². The summed E-state index contributed by atoms with van der Waals surface area (Å²) in [6.45, 7) is 8.57. The third-order valence-electron chi connectivity index (χ3n) is 10.8. The van der Waals surface area contributed by atoms with Crippen LogP contribution in [0, 0.1) is 5.92 Å². The summed E-state index contributed by atoms with van der Waals surface area (Å²) in [5.74, 6) is 1.29. The standard InChI is InChI=1S/C37H39BO3/c1-35(2)36(3,4)41-38(40-35)32-22-11-7-16-26(32)27-17-13-21-31-34(27)39-33-23-12-10-20-30(33)37(31)28-18-8-5-14-24(28)25-15-6-9-19-29(25)37/h5-6,8-9,13-16,18-22,27,33H,7,10-12,17,23H2,1-4H3. The average molecular weight is 543 g/mol. The molecule has 4 aliphatic carbocycles. The molecule has 2 aromatic rings. The number of ether oxygens (including phenoxy) is 1. The van der Waals surface area contributed by atoms with E-state index in [0.717, 1.165) is 37.9 Å². The molecule has 0 bridgehead atoms. The zero-order chi connectivity index (χ0) is 28.0. The van der Waals surface area contributed by atoms with Gasteiger partial charge < -0.3 is 14.0 Å². The van der Waals surface area contributed by atoms with E-state index in [2.05, 4.69) is 107 Å². The van der Waals surface area contributed by atoms with Crippen LogP contribution in [0.25, 0.3) is 11.1 Å². The van der Waals surface area contributed by atoms with Crippen molar-refractivity contribution in [3.8, 4) is 11.1 Å². The Hall–Kier alpha value is -3.08. The first-order valence-electron chi connectivity index (χ1n) is 15.6. The lowest BCUT2D eigenvalue weighted by Gasteiger charge is -2.49. The smallest absolute Gasteiger partial charge is 0.489 e. The Bertz CT molecular complexity index is 1540. The van der Waals surface area contributed by atoms with Crippen LogP contribution >= 0.6 is 0 Å². The van der Waals surface area contributed by atoms with Crippen molar-refractivity contribution in [2.24, 2.45) is 5.92 Å². The van der Waals surface area contributed by atoms with Crippen LogP contribution in [0.3, 0.4) is 0 Å². The minimum atomic E-state index is -0.373. The topological polar surface area (TPSA) is 27.7 Å². The Kier molecular flexibility index (Phi) is 5.60. The summed E-state index contributed by atoms with van der Waals surface area (Å²) >= 11 is 0. The lowest BCUT2D eigenvalue weighted by Crippen LogP contribution is -2.44. The molecule has 3 nitrogen and oxygen atoms in total. The van der Waals surface area contributed by atoms with E-state index >= 15 is 0 Å². The van der Waals surface area contributed by atoms with E-state index in [1.807, 2.05) is 0 Å². The van der Waals surface area contributed by atoms with Gasteiger partial charge in [0.1, 0.15) is 11.9 Å². The number of benzene rings is 2. The molecule has 6 aliphatic rings. The third kappa shape index (κ3) is 3.47. The van der Waals surface area contributed by atoms with Crippen LogP contribution in [0.15, 0.2) is 107 Å². The summed E-state index contributed by atoms with van der Waals surface area (Å²) < 4.78 is 20.4. The van der Waals surface area contributed by atoms with Gasteiger partial charge in [-0.1, -0.05) is 78.9 Å². The second kappa shape index (κ2) is 8.96. The maximum atomic E-state index is 7.18. The molecule has 2 heterocycles. The lowest BCUT2D eigenvalue weighted by molar-refractivity contribution is 0.00578. The van der Waals surface area contributed by atoms with Gasteiger partial charge in [-0.3, -0.25) is 0 Å². The highest BCUT2D eigenvalue weighted by atomic mass is 16.7. The molecule has 2 aromatic carbocycles. The van der Waals surface area contributed by atoms with Crippen molar-refractivity contribution in [1.82, 2.24) is 0 Å². The molecule has 2 aliphatic heterocycles. The summed E-state index contributed by atoms with van der Waals surface area (Å²) in [7, 11) is -0.364. The molecule has 1 fully saturated rings. The molecular weight excluding hydrogens is 503 g/mol. The molecule has 0 saturated carbocycles. The van der Waals surface area contributed by atoms with E-state index in [-0.39, 0.29) is 35.8 Å². The molecule has 0 N–H and O–H groups in total. The molecule has 0 amide bonds. The van der Waals surface area contributed by atoms with Crippen molar-refractivity contribution in [2.45, 2.75) is 88.9 Å².